The van der Waals surface area contributed by atoms with Gasteiger partial charge in [-0.2, -0.15) is 0 Å². The first kappa shape index (κ1) is 12.4. The van der Waals surface area contributed by atoms with Crippen molar-refractivity contribution in [1.29, 1.82) is 0 Å². The highest BCUT2D eigenvalue weighted by atomic mass is 16.2. The lowest BCUT2D eigenvalue weighted by Gasteiger charge is -2.34. The highest BCUT2D eigenvalue weighted by molar-refractivity contribution is 5.87. The average Bonchev–Trinajstić information content (AvgIpc) is 3.18. The van der Waals surface area contributed by atoms with Crippen LogP contribution >= 0.6 is 0 Å². The summed E-state index contributed by atoms with van der Waals surface area (Å²) in [7, 11) is 1.64. The summed E-state index contributed by atoms with van der Waals surface area (Å²) in [5.74, 6) is 0.153. The number of carbonyl (C=O) groups is 2. The Morgan fingerprint density at radius 2 is 2.18 bits per heavy atom. The summed E-state index contributed by atoms with van der Waals surface area (Å²) in [5, 5.41) is 2.66. The summed E-state index contributed by atoms with van der Waals surface area (Å²) in [6.07, 6.45) is 3.59. The Hall–Kier alpha value is -1.10. The fourth-order valence-electron chi connectivity index (χ4n) is 2.57. The minimum Gasteiger partial charge on any atom is -0.359 e. The molecule has 5 nitrogen and oxygen atoms in total. The number of nitrogens with zero attached hydrogens (tertiary/aromatic N) is 1. The van der Waals surface area contributed by atoms with Gasteiger partial charge in [0.15, 0.2) is 0 Å². The van der Waals surface area contributed by atoms with Crippen LogP contribution in [-0.4, -0.2) is 43.4 Å². The quantitative estimate of drug-likeness (QED) is 0.710. The normalized spacial score (nSPS) is 26.5. The Labute approximate surface area is 102 Å². The predicted octanol–water partition coefficient (Wildman–Crippen LogP) is -0.290. The van der Waals surface area contributed by atoms with Crippen molar-refractivity contribution in [1.82, 2.24) is 10.2 Å². The molecule has 2 rings (SSSR count). The summed E-state index contributed by atoms with van der Waals surface area (Å²) in [5.41, 5.74) is 5.38. The maximum atomic E-state index is 12.3. The average molecular weight is 239 g/mol. The fourth-order valence-corrected chi connectivity index (χ4v) is 2.57. The van der Waals surface area contributed by atoms with E-state index in [1.165, 1.54) is 0 Å². The molecule has 1 saturated carbocycles. The molecule has 2 aliphatic rings. The van der Waals surface area contributed by atoms with Gasteiger partial charge in [-0.1, -0.05) is 0 Å². The van der Waals surface area contributed by atoms with Crippen molar-refractivity contribution in [2.45, 2.75) is 25.7 Å². The topological polar surface area (TPSA) is 75.4 Å². The Bertz CT molecular complexity index is 326. The first-order valence-electron chi connectivity index (χ1n) is 6.34. The van der Waals surface area contributed by atoms with Crippen molar-refractivity contribution in [2.24, 2.45) is 17.1 Å². The highest BCUT2D eigenvalue weighted by Gasteiger charge is 2.51. The second-order valence-corrected chi connectivity index (χ2v) is 5.19. The molecule has 5 heteroatoms. The van der Waals surface area contributed by atoms with Gasteiger partial charge in [0.2, 0.25) is 11.8 Å². The van der Waals surface area contributed by atoms with Crippen LogP contribution < -0.4 is 11.1 Å². The second-order valence-electron chi connectivity index (χ2n) is 5.19. The largest absolute Gasteiger partial charge is 0.359 e. The summed E-state index contributed by atoms with van der Waals surface area (Å²) < 4.78 is 0. The van der Waals surface area contributed by atoms with Gasteiger partial charge in [-0.25, -0.2) is 0 Å². The van der Waals surface area contributed by atoms with Crippen LogP contribution in [0.3, 0.4) is 0 Å². The number of nitrogens with two attached hydrogens (primary N) is 1. The molecule has 1 heterocycles. The van der Waals surface area contributed by atoms with Crippen LogP contribution in [0.25, 0.3) is 0 Å². The number of rotatable bonds is 3. The molecule has 0 aromatic rings. The molecule has 1 aliphatic heterocycles. The van der Waals surface area contributed by atoms with E-state index in [1.54, 1.807) is 7.05 Å². The third-order valence-electron chi connectivity index (χ3n) is 4.02. The van der Waals surface area contributed by atoms with E-state index in [-0.39, 0.29) is 23.1 Å². The third kappa shape index (κ3) is 2.29. The lowest BCUT2D eigenvalue weighted by atomic mass is 9.95. The van der Waals surface area contributed by atoms with Gasteiger partial charge >= 0.3 is 0 Å². The molecule has 0 aromatic heterocycles. The highest BCUT2D eigenvalue weighted by Crippen LogP contribution is 2.46. The van der Waals surface area contributed by atoms with E-state index in [2.05, 4.69) is 5.32 Å². The van der Waals surface area contributed by atoms with E-state index in [9.17, 15) is 9.59 Å². The molecule has 1 atom stereocenters. The van der Waals surface area contributed by atoms with Crippen molar-refractivity contribution >= 4 is 11.8 Å². The van der Waals surface area contributed by atoms with E-state index >= 15 is 0 Å². The number of hydrogen-bond acceptors (Lipinski definition) is 3. The van der Waals surface area contributed by atoms with Crippen LogP contribution in [0.5, 0.6) is 0 Å². The molecule has 3 N–H and O–H groups in total. The van der Waals surface area contributed by atoms with Crippen molar-refractivity contribution in [3.63, 3.8) is 0 Å². The first-order chi connectivity index (χ1) is 8.13. The smallest absolute Gasteiger partial charge is 0.230 e. The van der Waals surface area contributed by atoms with E-state index in [4.69, 9.17) is 5.73 Å². The standard InChI is InChI=1S/C12H21N3O2/c1-14-10(16)9-3-2-6-15(7-9)11(17)12(8-13)4-5-12/h9H,2-8,13H2,1H3,(H,14,16). The van der Waals surface area contributed by atoms with E-state index in [1.807, 2.05) is 4.90 Å². The minimum atomic E-state index is -0.287. The van der Waals surface area contributed by atoms with Crippen molar-refractivity contribution in [3.8, 4) is 0 Å². The molecule has 2 amide bonds. The summed E-state index contributed by atoms with van der Waals surface area (Å²) >= 11 is 0. The Morgan fingerprint density at radius 3 is 2.71 bits per heavy atom. The number of nitrogens with one attached hydrogen (secondary N) is 1. The monoisotopic (exact) mass is 239 g/mol. The number of carbonyl (C=O) groups excluding carboxylic acids is 2. The summed E-state index contributed by atoms with van der Waals surface area (Å²) in [6, 6.07) is 0. The fraction of sp³-hybridized carbons (Fsp3) is 0.833. The maximum absolute atomic E-state index is 12.3. The molecular formula is C12H21N3O2. The van der Waals surface area contributed by atoms with Gasteiger partial charge in [-0.3, -0.25) is 9.59 Å². The van der Waals surface area contributed by atoms with Crippen molar-refractivity contribution in [2.75, 3.05) is 26.7 Å². The van der Waals surface area contributed by atoms with Crippen LogP contribution in [0.2, 0.25) is 0 Å². The molecule has 0 bridgehead atoms. The van der Waals surface area contributed by atoms with Crippen molar-refractivity contribution in [3.05, 3.63) is 0 Å². The lowest BCUT2D eigenvalue weighted by molar-refractivity contribution is -0.140. The first-order valence-corrected chi connectivity index (χ1v) is 6.34. The minimum absolute atomic E-state index is 0.0418. The zero-order valence-electron chi connectivity index (χ0n) is 10.4. The zero-order valence-corrected chi connectivity index (χ0v) is 10.4. The lowest BCUT2D eigenvalue weighted by Crippen LogP contribution is -2.48. The van der Waals surface area contributed by atoms with Gasteiger partial charge in [0, 0.05) is 26.7 Å². The maximum Gasteiger partial charge on any atom is 0.230 e. The molecule has 1 unspecified atom stereocenters. The number of hydrogen-bond donors (Lipinski definition) is 2. The van der Waals surface area contributed by atoms with Crippen LogP contribution in [-0.2, 0) is 9.59 Å². The number of likely N-dealkylation sites (tertiary alicyclic amines) is 1. The van der Waals surface area contributed by atoms with Gasteiger partial charge in [-0.15, -0.1) is 0 Å². The Balaban J connectivity index is 1.98. The summed E-state index contributed by atoms with van der Waals surface area (Å²) in [4.78, 5) is 25.7. The zero-order chi connectivity index (χ0) is 12.5. The Kier molecular flexibility index (Phi) is 3.38. The number of piperidine rings is 1. The molecule has 1 saturated heterocycles. The summed E-state index contributed by atoms with van der Waals surface area (Å²) in [6.45, 7) is 1.77. The van der Waals surface area contributed by atoms with E-state index in [0.717, 1.165) is 32.2 Å². The molecule has 0 spiro atoms. The SMILES string of the molecule is CNC(=O)C1CCCN(C(=O)C2(CN)CC2)C1. The van der Waals surface area contributed by atoms with Gasteiger partial charge in [-0.05, 0) is 25.7 Å². The third-order valence-corrected chi connectivity index (χ3v) is 4.02. The van der Waals surface area contributed by atoms with E-state index < -0.39 is 0 Å². The second kappa shape index (κ2) is 4.64. The molecule has 2 fully saturated rings. The Morgan fingerprint density at radius 1 is 1.47 bits per heavy atom. The molecular weight excluding hydrogens is 218 g/mol. The van der Waals surface area contributed by atoms with E-state index in [0.29, 0.717) is 13.1 Å². The van der Waals surface area contributed by atoms with Gasteiger partial charge in [0.05, 0.1) is 11.3 Å². The van der Waals surface area contributed by atoms with Crippen LogP contribution in [0.1, 0.15) is 25.7 Å². The predicted molar refractivity (Wildman–Crippen MR) is 64.1 cm³/mol. The van der Waals surface area contributed by atoms with Crippen LogP contribution in [0.15, 0.2) is 0 Å². The molecule has 0 aromatic carbocycles. The molecule has 1 aliphatic carbocycles. The van der Waals surface area contributed by atoms with Crippen molar-refractivity contribution < 1.29 is 9.59 Å². The van der Waals surface area contributed by atoms with Gasteiger partial charge in [0.1, 0.15) is 0 Å². The van der Waals surface area contributed by atoms with Gasteiger partial charge in [0.25, 0.3) is 0 Å². The van der Waals surface area contributed by atoms with Gasteiger partial charge < -0.3 is 16.0 Å². The van der Waals surface area contributed by atoms with Crippen LogP contribution in [0.4, 0.5) is 0 Å². The molecule has 96 valence electrons. The molecule has 17 heavy (non-hydrogen) atoms. The molecule has 0 radical (unpaired) electrons. The number of amides is 2. The van der Waals surface area contributed by atoms with Crippen LogP contribution in [0, 0.1) is 11.3 Å².